The predicted molar refractivity (Wildman–Crippen MR) is 123 cm³/mol. The summed E-state index contributed by atoms with van der Waals surface area (Å²) < 4.78 is 30.9. The van der Waals surface area contributed by atoms with Crippen molar-refractivity contribution in [1.29, 1.82) is 0 Å². The van der Waals surface area contributed by atoms with E-state index in [0.29, 0.717) is 41.0 Å². The van der Waals surface area contributed by atoms with Crippen molar-refractivity contribution in [2.24, 2.45) is 0 Å². The van der Waals surface area contributed by atoms with E-state index in [1.54, 1.807) is 42.5 Å². The molecule has 4 rings (SSSR count). The number of carbonyl (C=O) groups excluding carboxylic acids is 1. The Kier molecular flexibility index (Phi) is 6.99. The zero-order valence-electron chi connectivity index (χ0n) is 18.1. The largest absolute Gasteiger partial charge is 0.494 e. The standard InChI is InChI=1S/C26H23FN2O4/c1-2-31-18-11-13-19(14-12-18)32-23-10-6-5-9-22(23)29-25(30)15-16-26-28-17-24(33-26)20-7-3-4-8-21(20)27/h3-14,17H,2,15-16H2,1H3,(H,29,30). The molecule has 1 amide bonds. The number of hydrogen-bond acceptors (Lipinski definition) is 5. The maximum atomic E-state index is 13.9. The van der Waals surface area contributed by atoms with Crippen molar-refractivity contribution in [3.05, 3.63) is 90.7 Å². The van der Waals surface area contributed by atoms with E-state index in [0.717, 1.165) is 5.75 Å². The van der Waals surface area contributed by atoms with Gasteiger partial charge in [0.2, 0.25) is 5.91 Å². The van der Waals surface area contributed by atoms with Crippen molar-refractivity contribution in [3.63, 3.8) is 0 Å². The van der Waals surface area contributed by atoms with Gasteiger partial charge in [-0.05, 0) is 55.5 Å². The van der Waals surface area contributed by atoms with Crippen LogP contribution in [0.1, 0.15) is 19.2 Å². The van der Waals surface area contributed by atoms with Crippen LogP contribution in [0.3, 0.4) is 0 Å². The molecule has 0 aliphatic rings. The summed E-state index contributed by atoms with van der Waals surface area (Å²) >= 11 is 0. The Morgan fingerprint density at radius 3 is 2.52 bits per heavy atom. The Bertz CT molecular complexity index is 1220. The molecule has 0 radical (unpaired) electrons. The number of para-hydroxylation sites is 2. The van der Waals surface area contributed by atoms with E-state index in [9.17, 15) is 9.18 Å². The van der Waals surface area contributed by atoms with Crippen LogP contribution in [-0.2, 0) is 11.2 Å². The minimum Gasteiger partial charge on any atom is -0.494 e. The number of carbonyl (C=O) groups is 1. The summed E-state index contributed by atoms with van der Waals surface area (Å²) in [5.74, 6) is 2.00. The van der Waals surface area contributed by atoms with E-state index in [2.05, 4.69) is 10.3 Å². The number of anilines is 1. The lowest BCUT2D eigenvalue weighted by Crippen LogP contribution is -2.13. The van der Waals surface area contributed by atoms with Crippen LogP contribution in [0.5, 0.6) is 17.2 Å². The van der Waals surface area contributed by atoms with E-state index in [4.69, 9.17) is 13.9 Å². The smallest absolute Gasteiger partial charge is 0.224 e. The Morgan fingerprint density at radius 2 is 1.73 bits per heavy atom. The second kappa shape index (κ2) is 10.5. The van der Waals surface area contributed by atoms with Crippen molar-refractivity contribution < 1.29 is 23.1 Å². The molecule has 0 spiro atoms. The lowest BCUT2D eigenvalue weighted by Gasteiger charge is -2.12. The summed E-state index contributed by atoms with van der Waals surface area (Å²) in [5.41, 5.74) is 0.886. The van der Waals surface area contributed by atoms with Crippen LogP contribution in [0.4, 0.5) is 10.1 Å². The molecule has 33 heavy (non-hydrogen) atoms. The number of hydrogen-bond donors (Lipinski definition) is 1. The molecular weight excluding hydrogens is 423 g/mol. The van der Waals surface area contributed by atoms with Crippen LogP contribution in [0.15, 0.2) is 83.4 Å². The van der Waals surface area contributed by atoms with Crippen LogP contribution < -0.4 is 14.8 Å². The first kappa shape index (κ1) is 22.1. The van der Waals surface area contributed by atoms with Crippen LogP contribution in [0.25, 0.3) is 11.3 Å². The lowest BCUT2D eigenvalue weighted by molar-refractivity contribution is -0.116. The van der Waals surface area contributed by atoms with Gasteiger partial charge in [-0.25, -0.2) is 9.37 Å². The highest BCUT2D eigenvalue weighted by Crippen LogP contribution is 2.30. The first-order valence-electron chi connectivity index (χ1n) is 10.6. The molecule has 3 aromatic carbocycles. The van der Waals surface area contributed by atoms with Gasteiger partial charge in [-0.2, -0.15) is 0 Å². The summed E-state index contributed by atoms with van der Waals surface area (Å²) in [5, 5.41) is 2.86. The molecule has 7 heteroatoms. The van der Waals surface area contributed by atoms with Crippen molar-refractivity contribution in [2.75, 3.05) is 11.9 Å². The summed E-state index contributed by atoms with van der Waals surface area (Å²) in [7, 11) is 0. The van der Waals surface area contributed by atoms with Crippen LogP contribution in [0.2, 0.25) is 0 Å². The van der Waals surface area contributed by atoms with Gasteiger partial charge in [0.25, 0.3) is 0 Å². The molecule has 4 aromatic rings. The van der Waals surface area contributed by atoms with Gasteiger partial charge in [0, 0.05) is 12.8 Å². The van der Waals surface area contributed by atoms with Crippen molar-refractivity contribution in [2.45, 2.75) is 19.8 Å². The van der Waals surface area contributed by atoms with Gasteiger partial charge in [-0.15, -0.1) is 0 Å². The zero-order chi connectivity index (χ0) is 23.0. The average Bonchev–Trinajstić information content (AvgIpc) is 3.30. The van der Waals surface area contributed by atoms with Gasteiger partial charge in [-0.1, -0.05) is 24.3 Å². The fraction of sp³-hybridized carbons (Fsp3) is 0.154. The van der Waals surface area contributed by atoms with Gasteiger partial charge in [0.05, 0.1) is 24.1 Å². The molecule has 1 aromatic heterocycles. The molecule has 0 saturated carbocycles. The number of aryl methyl sites for hydroxylation is 1. The minimum absolute atomic E-state index is 0.147. The van der Waals surface area contributed by atoms with E-state index in [-0.39, 0.29) is 24.6 Å². The SMILES string of the molecule is CCOc1ccc(Oc2ccccc2NC(=O)CCc2ncc(-c3ccccc3F)o2)cc1. The molecule has 0 atom stereocenters. The Balaban J connectivity index is 1.36. The molecule has 0 saturated heterocycles. The summed E-state index contributed by atoms with van der Waals surface area (Å²) in [4.78, 5) is 16.7. The van der Waals surface area contributed by atoms with Crippen molar-refractivity contribution in [1.82, 2.24) is 4.98 Å². The van der Waals surface area contributed by atoms with Gasteiger partial charge < -0.3 is 19.2 Å². The normalized spacial score (nSPS) is 10.6. The number of benzene rings is 3. The first-order chi connectivity index (χ1) is 16.1. The second-order valence-corrected chi connectivity index (χ2v) is 7.15. The molecule has 0 bridgehead atoms. The number of ether oxygens (including phenoxy) is 2. The van der Waals surface area contributed by atoms with Gasteiger partial charge in [-0.3, -0.25) is 4.79 Å². The van der Waals surface area contributed by atoms with Gasteiger partial charge in [0.1, 0.15) is 17.3 Å². The highest BCUT2D eigenvalue weighted by Gasteiger charge is 2.13. The fourth-order valence-electron chi connectivity index (χ4n) is 3.20. The number of aromatic nitrogens is 1. The summed E-state index contributed by atoms with van der Waals surface area (Å²) in [6.07, 6.45) is 1.89. The van der Waals surface area contributed by atoms with E-state index < -0.39 is 0 Å². The van der Waals surface area contributed by atoms with E-state index in [1.807, 2.05) is 31.2 Å². The molecule has 0 aliphatic carbocycles. The lowest BCUT2D eigenvalue weighted by atomic mass is 10.2. The van der Waals surface area contributed by atoms with Crippen LogP contribution in [0, 0.1) is 5.82 Å². The molecule has 0 fully saturated rings. The topological polar surface area (TPSA) is 73.6 Å². The third kappa shape index (κ3) is 5.77. The second-order valence-electron chi connectivity index (χ2n) is 7.15. The molecule has 168 valence electrons. The third-order valence-corrected chi connectivity index (χ3v) is 4.78. The molecule has 6 nitrogen and oxygen atoms in total. The maximum absolute atomic E-state index is 13.9. The monoisotopic (exact) mass is 446 g/mol. The average molecular weight is 446 g/mol. The summed E-state index contributed by atoms with van der Waals surface area (Å²) in [6, 6.07) is 20.8. The maximum Gasteiger partial charge on any atom is 0.224 e. The summed E-state index contributed by atoms with van der Waals surface area (Å²) in [6.45, 7) is 2.51. The van der Waals surface area contributed by atoms with Crippen molar-refractivity contribution >= 4 is 11.6 Å². The Morgan fingerprint density at radius 1 is 1.00 bits per heavy atom. The molecule has 0 aliphatic heterocycles. The Labute approximate surface area is 191 Å². The number of nitrogens with zero attached hydrogens (tertiary/aromatic N) is 1. The van der Waals surface area contributed by atoms with Crippen LogP contribution in [-0.4, -0.2) is 17.5 Å². The highest BCUT2D eigenvalue weighted by molar-refractivity contribution is 5.92. The highest BCUT2D eigenvalue weighted by atomic mass is 19.1. The third-order valence-electron chi connectivity index (χ3n) is 4.78. The van der Waals surface area contributed by atoms with Crippen LogP contribution >= 0.6 is 0 Å². The molecule has 1 N–H and O–H groups in total. The van der Waals surface area contributed by atoms with E-state index in [1.165, 1.54) is 12.3 Å². The number of halogens is 1. The van der Waals surface area contributed by atoms with Crippen molar-refractivity contribution in [3.8, 4) is 28.6 Å². The van der Waals surface area contributed by atoms with Gasteiger partial charge >= 0.3 is 0 Å². The number of amides is 1. The minimum atomic E-state index is -0.387. The fourth-order valence-corrected chi connectivity index (χ4v) is 3.20. The number of rotatable bonds is 9. The predicted octanol–water partition coefficient (Wildman–Crippen LogP) is 6.24. The number of nitrogens with one attached hydrogen (secondary N) is 1. The molecule has 1 heterocycles. The number of oxazole rings is 1. The van der Waals surface area contributed by atoms with E-state index >= 15 is 0 Å². The first-order valence-corrected chi connectivity index (χ1v) is 10.6. The van der Waals surface area contributed by atoms with Gasteiger partial charge in [0.15, 0.2) is 17.4 Å². The Hall–Kier alpha value is -4.13. The quantitative estimate of drug-likeness (QED) is 0.329. The molecular formula is C26H23FN2O4. The molecule has 0 unspecified atom stereocenters. The zero-order valence-corrected chi connectivity index (χ0v) is 18.1.